The average Bonchev–Trinajstić information content (AvgIpc) is 2.40. The molecule has 0 atom stereocenters. The summed E-state index contributed by atoms with van der Waals surface area (Å²) in [6.45, 7) is 3.41. The van der Waals surface area contributed by atoms with Crippen molar-refractivity contribution in [2.45, 2.75) is 6.92 Å². The highest BCUT2D eigenvalue weighted by molar-refractivity contribution is 5.60. The zero-order valence-electron chi connectivity index (χ0n) is 10.8. The molecule has 0 unspecified atom stereocenters. The molecule has 94 valence electrons. The fourth-order valence-corrected chi connectivity index (χ4v) is 1.71. The van der Waals surface area contributed by atoms with Gasteiger partial charge in [0.1, 0.15) is 0 Å². The van der Waals surface area contributed by atoms with Gasteiger partial charge in [-0.2, -0.15) is 0 Å². The van der Waals surface area contributed by atoms with Crippen LogP contribution in [0.4, 0.5) is 5.95 Å². The number of likely N-dealkylation sites (N-methyl/N-ethyl adjacent to an activating group) is 1. The summed E-state index contributed by atoms with van der Waals surface area (Å²) in [5, 5.41) is 0. The van der Waals surface area contributed by atoms with Crippen LogP contribution in [0.25, 0.3) is 11.3 Å². The Morgan fingerprint density at radius 3 is 2.56 bits per heavy atom. The van der Waals surface area contributed by atoms with E-state index in [9.17, 15) is 0 Å². The average molecular weight is 242 g/mol. The van der Waals surface area contributed by atoms with Gasteiger partial charge in [0.25, 0.3) is 0 Å². The summed E-state index contributed by atoms with van der Waals surface area (Å²) in [6, 6.07) is 10.2. The number of aryl methyl sites for hydroxylation is 1. The van der Waals surface area contributed by atoms with Gasteiger partial charge >= 0.3 is 0 Å². The summed E-state index contributed by atoms with van der Waals surface area (Å²) in [5.41, 5.74) is 8.82. The smallest absolute Gasteiger partial charge is 0.225 e. The molecule has 0 saturated heterocycles. The molecule has 2 N–H and O–H groups in total. The molecule has 0 saturated carbocycles. The van der Waals surface area contributed by atoms with Crippen molar-refractivity contribution in [3.05, 3.63) is 42.1 Å². The molecule has 2 rings (SSSR count). The summed E-state index contributed by atoms with van der Waals surface area (Å²) in [4.78, 5) is 10.8. The summed E-state index contributed by atoms with van der Waals surface area (Å²) >= 11 is 0. The standard InChI is InChI=1S/C14H18N4/c1-11-3-5-12(6-4-11)13-7-9-16-14(17-13)18(2)10-8-15/h3-7,9H,8,10,15H2,1-2H3. The minimum absolute atomic E-state index is 0.592. The maximum Gasteiger partial charge on any atom is 0.225 e. The topological polar surface area (TPSA) is 55.0 Å². The van der Waals surface area contributed by atoms with Crippen LogP contribution in [0, 0.1) is 6.92 Å². The third-order valence-electron chi connectivity index (χ3n) is 2.80. The fraction of sp³-hybridized carbons (Fsp3) is 0.286. The van der Waals surface area contributed by atoms with E-state index in [4.69, 9.17) is 5.73 Å². The Hall–Kier alpha value is -1.94. The van der Waals surface area contributed by atoms with Gasteiger partial charge in [-0.05, 0) is 13.0 Å². The number of aromatic nitrogens is 2. The number of anilines is 1. The Bertz CT molecular complexity index is 507. The summed E-state index contributed by atoms with van der Waals surface area (Å²) in [5.74, 6) is 0.707. The lowest BCUT2D eigenvalue weighted by molar-refractivity contribution is 0.847. The van der Waals surface area contributed by atoms with Gasteiger partial charge in [0.2, 0.25) is 5.95 Å². The van der Waals surface area contributed by atoms with Gasteiger partial charge in [-0.15, -0.1) is 0 Å². The monoisotopic (exact) mass is 242 g/mol. The van der Waals surface area contributed by atoms with Crippen LogP contribution in [0.2, 0.25) is 0 Å². The third kappa shape index (κ3) is 2.84. The largest absolute Gasteiger partial charge is 0.343 e. The van der Waals surface area contributed by atoms with Crippen molar-refractivity contribution in [3.63, 3.8) is 0 Å². The highest BCUT2D eigenvalue weighted by Crippen LogP contribution is 2.18. The van der Waals surface area contributed by atoms with E-state index in [1.807, 2.05) is 18.0 Å². The van der Waals surface area contributed by atoms with E-state index in [1.165, 1.54) is 5.56 Å². The molecule has 0 aliphatic carbocycles. The van der Waals surface area contributed by atoms with Crippen LogP contribution in [0.3, 0.4) is 0 Å². The van der Waals surface area contributed by atoms with Crippen LogP contribution in [0.1, 0.15) is 5.56 Å². The van der Waals surface area contributed by atoms with E-state index in [0.717, 1.165) is 17.8 Å². The Morgan fingerprint density at radius 1 is 1.17 bits per heavy atom. The minimum atomic E-state index is 0.592. The van der Waals surface area contributed by atoms with Gasteiger partial charge in [-0.1, -0.05) is 29.8 Å². The number of nitrogens with zero attached hydrogens (tertiary/aromatic N) is 3. The molecule has 4 nitrogen and oxygen atoms in total. The first-order valence-electron chi connectivity index (χ1n) is 6.02. The van der Waals surface area contributed by atoms with Crippen LogP contribution in [0.5, 0.6) is 0 Å². The zero-order valence-corrected chi connectivity index (χ0v) is 10.8. The number of benzene rings is 1. The van der Waals surface area contributed by atoms with Crippen molar-refractivity contribution < 1.29 is 0 Å². The zero-order chi connectivity index (χ0) is 13.0. The summed E-state index contributed by atoms with van der Waals surface area (Å²) < 4.78 is 0. The number of rotatable bonds is 4. The van der Waals surface area contributed by atoms with Gasteiger partial charge < -0.3 is 10.6 Å². The molecular weight excluding hydrogens is 224 g/mol. The highest BCUT2D eigenvalue weighted by atomic mass is 15.2. The van der Waals surface area contributed by atoms with Gasteiger partial charge in [0.15, 0.2) is 0 Å². The second kappa shape index (κ2) is 5.60. The van der Waals surface area contributed by atoms with Crippen molar-refractivity contribution in [3.8, 4) is 11.3 Å². The molecule has 1 heterocycles. The van der Waals surface area contributed by atoms with E-state index in [2.05, 4.69) is 41.2 Å². The Labute approximate surface area is 107 Å². The molecule has 0 aliphatic heterocycles. The van der Waals surface area contributed by atoms with E-state index in [0.29, 0.717) is 12.5 Å². The highest BCUT2D eigenvalue weighted by Gasteiger charge is 2.05. The van der Waals surface area contributed by atoms with Crippen LogP contribution >= 0.6 is 0 Å². The quantitative estimate of drug-likeness (QED) is 0.889. The van der Waals surface area contributed by atoms with Crippen molar-refractivity contribution in [1.82, 2.24) is 9.97 Å². The van der Waals surface area contributed by atoms with Crippen molar-refractivity contribution in [1.29, 1.82) is 0 Å². The van der Waals surface area contributed by atoms with E-state index in [1.54, 1.807) is 6.20 Å². The Kier molecular flexibility index (Phi) is 3.89. The van der Waals surface area contributed by atoms with E-state index < -0.39 is 0 Å². The molecule has 0 aliphatic rings. The molecule has 0 fully saturated rings. The predicted molar refractivity (Wildman–Crippen MR) is 74.5 cm³/mol. The lowest BCUT2D eigenvalue weighted by Gasteiger charge is -2.16. The van der Waals surface area contributed by atoms with Gasteiger partial charge in [0, 0.05) is 31.9 Å². The lowest BCUT2D eigenvalue weighted by atomic mass is 10.1. The maximum atomic E-state index is 5.54. The van der Waals surface area contributed by atoms with Crippen LogP contribution in [0.15, 0.2) is 36.5 Å². The molecule has 1 aromatic carbocycles. The Morgan fingerprint density at radius 2 is 1.89 bits per heavy atom. The van der Waals surface area contributed by atoms with E-state index >= 15 is 0 Å². The first-order valence-corrected chi connectivity index (χ1v) is 6.02. The van der Waals surface area contributed by atoms with E-state index in [-0.39, 0.29) is 0 Å². The minimum Gasteiger partial charge on any atom is -0.343 e. The number of nitrogens with two attached hydrogens (primary N) is 1. The molecule has 0 bridgehead atoms. The van der Waals surface area contributed by atoms with Crippen molar-refractivity contribution in [2.24, 2.45) is 5.73 Å². The van der Waals surface area contributed by atoms with Crippen LogP contribution in [-0.2, 0) is 0 Å². The molecule has 0 amide bonds. The lowest BCUT2D eigenvalue weighted by Crippen LogP contribution is -2.26. The molecule has 4 heteroatoms. The SMILES string of the molecule is Cc1ccc(-c2ccnc(N(C)CCN)n2)cc1. The summed E-state index contributed by atoms with van der Waals surface area (Å²) in [7, 11) is 1.95. The number of hydrogen-bond acceptors (Lipinski definition) is 4. The second-order valence-corrected chi connectivity index (χ2v) is 4.32. The first kappa shape index (κ1) is 12.5. The summed E-state index contributed by atoms with van der Waals surface area (Å²) in [6.07, 6.45) is 1.78. The molecule has 1 aromatic heterocycles. The molecule has 0 radical (unpaired) electrons. The van der Waals surface area contributed by atoms with Gasteiger partial charge in [0.05, 0.1) is 5.69 Å². The van der Waals surface area contributed by atoms with Gasteiger partial charge in [-0.25, -0.2) is 9.97 Å². The fourth-order valence-electron chi connectivity index (χ4n) is 1.71. The normalized spacial score (nSPS) is 10.4. The van der Waals surface area contributed by atoms with Crippen molar-refractivity contribution >= 4 is 5.95 Å². The molecule has 2 aromatic rings. The predicted octanol–water partition coefficient (Wildman–Crippen LogP) is 1.85. The molecule has 18 heavy (non-hydrogen) atoms. The van der Waals surface area contributed by atoms with Crippen LogP contribution in [-0.4, -0.2) is 30.1 Å². The Balaban J connectivity index is 2.29. The number of hydrogen-bond donors (Lipinski definition) is 1. The maximum absolute atomic E-state index is 5.54. The second-order valence-electron chi connectivity index (χ2n) is 4.32. The first-order chi connectivity index (χ1) is 8.70. The molecule has 0 spiro atoms. The third-order valence-corrected chi connectivity index (χ3v) is 2.80. The van der Waals surface area contributed by atoms with Crippen LogP contribution < -0.4 is 10.6 Å². The van der Waals surface area contributed by atoms with Crippen molar-refractivity contribution in [2.75, 3.05) is 25.0 Å². The van der Waals surface area contributed by atoms with Gasteiger partial charge in [-0.3, -0.25) is 0 Å². The molecular formula is C14H18N4.